The molecule has 0 spiro atoms. The molecule has 1 aliphatic carbocycles. The molecule has 0 aromatic carbocycles. The molecule has 1 rings (SSSR count). The topological polar surface area (TPSA) is 12.4 Å². The van der Waals surface area contributed by atoms with E-state index in [1.54, 1.807) is 0 Å². The lowest BCUT2D eigenvalue weighted by Crippen LogP contribution is -1.93. The van der Waals surface area contributed by atoms with Gasteiger partial charge in [-0.05, 0) is 39.3 Å². The van der Waals surface area contributed by atoms with Crippen LogP contribution in [0, 0.1) is 0 Å². The van der Waals surface area contributed by atoms with Crippen LogP contribution in [0.3, 0.4) is 0 Å². The van der Waals surface area contributed by atoms with Crippen molar-refractivity contribution in [3.8, 4) is 0 Å². The molecule has 1 aliphatic rings. The van der Waals surface area contributed by atoms with Gasteiger partial charge in [0.2, 0.25) is 0 Å². The number of hydrogen-bond acceptors (Lipinski definition) is 1. The third kappa shape index (κ3) is 1.41. The molecular formula is C8H13N. The molecule has 1 nitrogen and oxygen atoms in total. The maximum absolute atomic E-state index is 3.96. The van der Waals surface area contributed by atoms with Crippen molar-refractivity contribution in [1.29, 1.82) is 0 Å². The van der Waals surface area contributed by atoms with E-state index in [1.165, 1.54) is 30.5 Å². The molecule has 0 aromatic rings. The minimum atomic E-state index is 1.15. The lowest BCUT2D eigenvalue weighted by Gasteiger charge is -2.12. The molecule has 0 aromatic heterocycles. The monoisotopic (exact) mass is 123 g/mol. The van der Waals surface area contributed by atoms with Gasteiger partial charge in [-0.3, -0.25) is 4.99 Å². The van der Waals surface area contributed by atoms with Crippen molar-refractivity contribution in [3.63, 3.8) is 0 Å². The van der Waals surface area contributed by atoms with E-state index in [-0.39, 0.29) is 0 Å². The van der Waals surface area contributed by atoms with E-state index in [0.717, 1.165) is 6.42 Å². The first-order chi connectivity index (χ1) is 4.34. The Balaban J connectivity index is 2.70. The predicted molar refractivity (Wildman–Crippen MR) is 40.7 cm³/mol. The van der Waals surface area contributed by atoms with Crippen molar-refractivity contribution in [2.75, 3.05) is 0 Å². The van der Waals surface area contributed by atoms with Gasteiger partial charge in [-0.1, -0.05) is 5.57 Å². The average Bonchev–Trinajstić information content (AvgIpc) is 1.89. The van der Waals surface area contributed by atoms with Crippen LogP contribution in [0.5, 0.6) is 0 Å². The van der Waals surface area contributed by atoms with Crippen LogP contribution in [0.1, 0.15) is 32.6 Å². The summed E-state index contributed by atoms with van der Waals surface area (Å²) in [5, 5.41) is 0. The van der Waals surface area contributed by atoms with Crippen LogP contribution in [0.25, 0.3) is 0 Å². The molecule has 1 heteroatoms. The van der Waals surface area contributed by atoms with Gasteiger partial charge in [0, 0.05) is 5.70 Å². The SMILES string of the molecule is C=NC1=C(C)CCCC1. The number of hydrogen-bond donors (Lipinski definition) is 0. The fourth-order valence-electron chi connectivity index (χ4n) is 1.25. The molecule has 0 radical (unpaired) electrons. The van der Waals surface area contributed by atoms with Crippen molar-refractivity contribution in [1.82, 2.24) is 0 Å². The average molecular weight is 123 g/mol. The summed E-state index contributed by atoms with van der Waals surface area (Å²) >= 11 is 0. The van der Waals surface area contributed by atoms with E-state index < -0.39 is 0 Å². The molecule has 0 heterocycles. The number of allylic oxidation sites excluding steroid dienone is 2. The molecule has 9 heavy (non-hydrogen) atoms. The van der Waals surface area contributed by atoms with Crippen LogP contribution < -0.4 is 0 Å². The van der Waals surface area contributed by atoms with E-state index in [1.807, 2.05) is 0 Å². The minimum Gasteiger partial charge on any atom is -0.269 e. The largest absolute Gasteiger partial charge is 0.269 e. The van der Waals surface area contributed by atoms with E-state index in [4.69, 9.17) is 0 Å². The first-order valence-corrected chi connectivity index (χ1v) is 3.50. The van der Waals surface area contributed by atoms with Gasteiger partial charge < -0.3 is 0 Å². The summed E-state index contributed by atoms with van der Waals surface area (Å²) in [5.74, 6) is 0. The highest BCUT2D eigenvalue weighted by Crippen LogP contribution is 2.24. The quantitative estimate of drug-likeness (QED) is 0.475. The summed E-state index contributed by atoms with van der Waals surface area (Å²) in [6.45, 7) is 5.68. The first kappa shape index (κ1) is 6.53. The second-order valence-corrected chi connectivity index (χ2v) is 2.59. The Morgan fingerprint density at radius 1 is 1.33 bits per heavy atom. The van der Waals surface area contributed by atoms with Crippen LogP contribution in [-0.4, -0.2) is 6.72 Å². The Kier molecular flexibility index (Phi) is 2.04. The maximum Gasteiger partial charge on any atom is 0.0385 e. The number of aliphatic imine (C=N–C) groups is 1. The Bertz CT molecular complexity index is 145. The van der Waals surface area contributed by atoms with Gasteiger partial charge in [0.15, 0.2) is 0 Å². The van der Waals surface area contributed by atoms with Crippen molar-refractivity contribution < 1.29 is 0 Å². The van der Waals surface area contributed by atoms with Gasteiger partial charge in [0.1, 0.15) is 0 Å². The molecule has 0 saturated carbocycles. The molecule has 0 unspecified atom stereocenters. The zero-order valence-corrected chi connectivity index (χ0v) is 5.98. The predicted octanol–water partition coefficient (Wildman–Crippen LogP) is 2.54. The number of rotatable bonds is 1. The Morgan fingerprint density at radius 3 is 2.44 bits per heavy atom. The summed E-state index contributed by atoms with van der Waals surface area (Å²) in [5.41, 5.74) is 2.68. The minimum absolute atomic E-state index is 1.15. The molecule has 0 bridgehead atoms. The third-order valence-corrected chi connectivity index (χ3v) is 1.90. The van der Waals surface area contributed by atoms with Crippen molar-refractivity contribution in [2.45, 2.75) is 32.6 Å². The maximum atomic E-state index is 3.96. The Labute approximate surface area is 56.5 Å². The van der Waals surface area contributed by atoms with Gasteiger partial charge in [0.05, 0.1) is 0 Å². The number of nitrogens with zero attached hydrogens (tertiary/aromatic N) is 1. The fourth-order valence-corrected chi connectivity index (χ4v) is 1.25. The lowest BCUT2D eigenvalue weighted by molar-refractivity contribution is 0.668. The molecule has 0 aliphatic heterocycles. The molecule has 0 atom stereocenters. The molecule has 0 saturated heterocycles. The normalized spacial score (nSPS) is 20.1. The van der Waals surface area contributed by atoms with Crippen LogP contribution in [0.4, 0.5) is 0 Å². The molecule has 0 amide bonds. The second-order valence-electron chi connectivity index (χ2n) is 2.59. The Morgan fingerprint density at radius 2 is 2.00 bits per heavy atom. The summed E-state index contributed by atoms with van der Waals surface area (Å²) in [6, 6.07) is 0. The van der Waals surface area contributed by atoms with Gasteiger partial charge >= 0.3 is 0 Å². The van der Waals surface area contributed by atoms with Crippen LogP contribution in [0.2, 0.25) is 0 Å². The lowest BCUT2D eigenvalue weighted by atomic mass is 9.98. The Hall–Kier alpha value is -0.590. The van der Waals surface area contributed by atoms with Crippen LogP contribution in [-0.2, 0) is 0 Å². The highest BCUT2D eigenvalue weighted by molar-refractivity contribution is 5.31. The van der Waals surface area contributed by atoms with Crippen LogP contribution >= 0.6 is 0 Å². The second kappa shape index (κ2) is 2.81. The zero-order valence-electron chi connectivity index (χ0n) is 5.98. The van der Waals surface area contributed by atoms with E-state index in [0.29, 0.717) is 0 Å². The van der Waals surface area contributed by atoms with Crippen molar-refractivity contribution >= 4 is 6.72 Å². The highest BCUT2D eigenvalue weighted by Gasteiger charge is 2.05. The van der Waals surface area contributed by atoms with E-state index in [9.17, 15) is 0 Å². The summed E-state index contributed by atoms with van der Waals surface area (Å²) in [6.07, 6.45) is 5.01. The zero-order chi connectivity index (χ0) is 6.69. The van der Waals surface area contributed by atoms with Gasteiger partial charge in [-0.15, -0.1) is 0 Å². The third-order valence-electron chi connectivity index (χ3n) is 1.90. The summed E-state index contributed by atoms with van der Waals surface area (Å²) in [4.78, 5) is 3.96. The van der Waals surface area contributed by atoms with E-state index in [2.05, 4.69) is 18.6 Å². The standard InChI is InChI=1S/C8H13N/c1-7-5-3-4-6-8(7)9-2/h2-6H2,1H3. The molecule has 0 fully saturated rings. The van der Waals surface area contributed by atoms with Gasteiger partial charge in [-0.25, -0.2) is 0 Å². The van der Waals surface area contributed by atoms with Gasteiger partial charge in [0.25, 0.3) is 0 Å². The fraction of sp³-hybridized carbons (Fsp3) is 0.625. The van der Waals surface area contributed by atoms with Crippen LogP contribution in [0.15, 0.2) is 16.3 Å². The molecule has 0 N–H and O–H groups in total. The van der Waals surface area contributed by atoms with Gasteiger partial charge in [-0.2, -0.15) is 0 Å². The summed E-state index contributed by atoms with van der Waals surface area (Å²) in [7, 11) is 0. The highest BCUT2D eigenvalue weighted by atomic mass is 14.7. The van der Waals surface area contributed by atoms with E-state index >= 15 is 0 Å². The van der Waals surface area contributed by atoms with Crippen molar-refractivity contribution in [3.05, 3.63) is 11.3 Å². The smallest absolute Gasteiger partial charge is 0.0385 e. The molecular weight excluding hydrogens is 110 g/mol. The van der Waals surface area contributed by atoms with Crippen molar-refractivity contribution in [2.24, 2.45) is 4.99 Å². The molecule has 50 valence electrons. The summed E-state index contributed by atoms with van der Waals surface area (Å²) < 4.78 is 0. The first-order valence-electron chi connectivity index (χ1n) is 3.50.